The van der Waals surface area contributed by atoms with Crippen molar-refractivity contribution in [1.29, 1.82) is 0 Å². The van der Waals surface area contributed by atoms with Gasteiger partial charge in [-0.15, -0.1) is 0 Å². The molecule has 1 rings (SSSR count). The lowest BCUT2D eigenvalue weighted by molar-refractivity contribution is 0.101. The second kappa shape index (κ2) is 7.04. The number of phenols is 2. The minimum atomic E-state index is -0.320. The first-order valence-electron chi connectivity index (χ1n) is 6.62. The number of rotatable bonds is 7. The summed E-state index contributed by atoms with van der Waals surface area (Å²) in [6.45, 7) is 3.51. The third-order valence-corrected chi connectivity index (χ3v) is 3.08. The molecule has 0 fully saturated rings. The predicted octanol–water partition coefficient (Wildman–Crippen LogP) is 3.81. The molecule has 0 aliphatic carbocycles. The highest BCUT2D eigenvalue weighted by Crippen LogP contribution is 2.29. The van der Waals surface area contributed by atoms with Gasteiger partial charge in [-0.3, -0.25) is 4.79 Å². The number of aromatic hydroxyl groups is 2. The number of ketones is 1. The van der Waals surface area contributed by atoms with E-state index in [0.717, 1.165) is 24.8 Å². The van der Waals surface area contributed by atoms with Crippen molar-refractivity contribution < 1.29 is 15.0 Å². The highest BCUT2D eigenvalue weighted by molar-refractivity contribution is 5.99. The van der Waals surface area contributed by atoms with Crippen LogP contribution in [0.15, 0.2) is 12.1 Å². The van der Waals surface area contributed by atoms with Crippen LogP contribution >= 0.6 is 0 Å². The summed E-state index contributed by atoms with van der Waals surface area (Å²) in [6, 6.07) is 3.16. The molecule has 0 spiro atoms. The molecule has 0 amide bonds. The van der Waals surface area contributed by atoms with Gasteiger partial charge in [0.1, 0.15) is 17.1 Å². The van der Waals surface area contributed by atoms with Crippen molar-refractivity contribution in [2.75, 3.05) is 0 Å². The third-order valence-electron chi connectivity index (χ3n) is 3.08. The van der Waals surface area contributed by atoms with Gasteiger partial charge in [0.05, 0.1) is 0 Å². The summed E-state index contributed by atoms with van der Waals surface area (Å²) in [5.41, 5.74) is 0.899. The Morgan fingerprint density at radius 1 is 1.06 bits per heavy atom. The summed E-state index contributed by atoms with van der Waals surface area (Å²) in [5.74, 6) is -0.559. The molecular formula is C15H22O3. The summed E-state index contributed by atoms with van der Waals surface area (Å²) in [5, 5.41) is 19.4. The normalized spacial score (nSPS) is 10.6. The van der Waals surface area contributed by atoms with Crippen LogP contribution in [-0.4, -0.2) is 16.0 Å². The van der Waals surface area contributed by atoms with Crippen LogP contribution in [0, 0.1) is 0 Å². The van der Waals surface area contributed by atoms with Crippen molar-refractivity contribution >= 4 is 5.78 Å². The number of benzene rings is 1. The average molecular weight is 250 g/mol. The van der Waals surface area contributed by atoms with Gasteiger partial charge in [0.25, 0.3) is 0 Å². The molecule has 2 N–H and O–H groups in total. The maximum absolute atomic E-state index is 11.2. The maximum Gasteiger partial charge on any atom is 0.167 e. The van der Waals surface area contributed by atoms with Crippen LogP contribution in [0.2, 0.25) is 0 Å². The summed E-state index contributed by atoms with van der Waals surface area (Å²) in [4.78, 5) is 11.2. The highest BCUT2D eigenvalue weighted by Gasteiger charge is 2.13. The Morgan fingerprint density at radius 2 is 1.61 bits per heavy atom. The highest BCUT2D eigenvalue weighted by atomic mass is 16.3. The molecule has 0 aliphatic rings. The first kappa shape index (κ1) is 14.6. The fourth-order valence-electron chi connectivity index (χ4n) is 2.11. The first-order valence-corrected chi connectivity index (χ1v) is 6.62. The van der Waals surface area contributed by atoms with Crippen molar-refractivity contribution in [1.82, 2.24) is 0 Å². The zero-order valence-electron chi connectivity index (χ0n) is 11.2. The van der Waals surface area contributed by atoms with Crippen molar-refractivity contribution in [2.45, 2.75) is 52.4 Å². The van der Waals surface area contributed by atoms with Crippen LogP contribution < -0.4 is 0 Å². The van der Waals surface area contributed by atoms with Gasteiger partial charge < -0.3 is 10.2 Å². The molecule has 0 unspecified atom stereocenters. The molecule has 0 aliphatic heterocycles. The quantitative estimate of drug-likeness (QED) is 0.571. The Bertz CT molecular complexity index is 387. The van der Waals surface area contributed by atoms with E-state index in [2.05, 4.69) is 6.92 Å². The number of Topliss-reactive ketones (excluding diaryl/α,β-unsaturated/α-hetero) is 1. The van der Waals surface area contributed by atoms with E-state index in [1.807, 2.05) is 0 Å². The maximum atomic E-state index is 11.2. The van der Waals surface area contributed by atoms with Crippen LogP contribution in [0.5, 0.6) is 11.5 Å². The van der Waals surface area contributed by atoms with Crippen molar-refractivity contribution in [3.63, 3.8) is 0 Å². The number of carbonyl (C=O) groups is 1. The third kappa shape index (κ3) is 4.06. The summed E-state index contributed by atoms with van der Waals surface area (Å²) < 4.78 is 0. The number of hydrogen-bond acceptors (Lipinski definition) is 3. The first-order chi connectivity index (χ1) is 8.56. The number of carbonyl (C=O) groups excluding carboxylic acids is 1. The lowest BCUT2D eigenvalue weighted by Gasteiger charge is -2.08. The van der Waals surface area contributed by atoms with Gasteiger partial charge in [0.15, 0.2) is 5.78 Å². The lowest BCUT2D eigenvalue weighted by Crippen LogP contribution is -1.96. The van der Waals surface area contributed by atoms with Gasteiger partial charge in [0.2, 0.25) is 0 Å². The summed E-state index contributed by atoms with van der Waals surface area (Å²) in [7, 11) is 0. The van der Waals surface area contributed by atoms with E-state index in [1.54, 1.807) is 12.1 Å². The van der Waals surface area contributed by atoms with Gasteiger partial charge in [-0.2, -0.15) is 0 Å². The summed E-state index contributed by atoms with van der Waals surface area (Å²) >= 11 is 0. The Hall–Kier alpha value is -1.51. The van der Waals surface area contributed by atoms with Gasteiger partial charge >= 0.3 is 0 Å². The molecule has 100 valence electrons. The molecule has 3 nitrogen and oxygen atoms in total. The smallest absolute Gasteiger partial charge is 0.167 e. The van der Waals surface area contributed by atoms with Crippen molar-refractivity contribution in [2.24, 2.45) is 0 Å². The molecule has 1 aromatic rings. The number of unbranched alkanes of at least 4 members (excludes halogenated alkanes) is 4. The molecule has 0 bridgehead atoms. The van der Waals surface area contributed by atoms with Crippen LogP contribution in [0.1, 0.15) is 61.9 Å². The summed E-state index contributed by atoms with van der Waals surface area (Å²) in [6.07, 6.45) is 6.71. The zero-order chi connectivity index (χ0) is 13.5. The zero-order valence-corrected chi connectivity index (χ0v) is 11.2. The number of hydrogen-bond donors (Lipinski definition) is 2. The predicted molar refractivity (Wildman–Crippen MR) is 72.2 cm³/mol. The lowest BCUT2D eigenvalue weighted by atomic mass is 10.0. The Labute approximate surface area is 108 Å². The number of aryl methyl sites for hydroxylation is 1. The molecule has 3 heteroatoms. The largest absolute Gasteiger partial charge is 0.507 e. The fourth-order valence-corrected chi connectivity index (χ4v) is 2.11. The van der Waals surface area contributed by atoms with E-state index < -0.39 is 0 Å². The van der Waals surface area contributed by atoms with Crippen molar-refractivity contribution in [3.05, 3.63) is 23.3 Å². The topological polar surface area (TPSA) is 57.5 Å². The number of phenolic OH excluding ortho intramolecular Hbond substituents is 2. The van der Waals surface area contributed by atoms with Gasteiger partial charge in [0, 0.05) is 0 Å². The van der Waals surface area contributed by atoms with Gasteiger partial charge in [-0.25, -0.2) is 0 Å². The molecule has 0 aromatic heterocycles. The molecule has 0 saturated carbocycles. The molecular weight excluding hydrogens is 228 g/mol. The fraction of sp³-hybridized carbons (Fsp3) is 0.533. The van der Waals surface area contributed by atoms with Crippen LogP contribution in [0.25, 0.3) is 0 Å². The Balaban J connectivity index is 2.61. The van der Waals surface area contributed by atoms with Crippen LogP contribution in [0.4, 0.5) is 0 Å². The van der Waals surface area contributed by atoms with E-state index in [4.69, 9.17) is 0 Å². The SMILES string of the molecule is CCCCCCCc1cc(O)c(C(C)=O)c(O)c1. The molecule has 0 heterocycles. The van der Waals surface area contributed by atoms with Crippen LogP contribution in [-0.2, 0) is 6.42 Å². The Morgan fingerprint density at radius 3 is 2.11 bits per heavy atom. The van der Waals surface area contributed by atoms with Crippen LogP contribution in [0.3, 0.4) is 0 Å². The minimum Gasteiger partial charge on any atom is -0.507 e. The Kier molecular flexibility index (Phi) is 5.69. The van der Waals surface area contributed by atoms with Gasteiger partial charge in [-0.05, 0) is 37.5 Å². The van der Waals surface area contributed by atoms with E-state index in [-0.39, 0.29) is 22.8 Å². The van der Waals surface area contributed by atoms with E-state index in [0.29, 0.717) is 0 Å². The second-order valence-electron chi connectivity index (χ2n) is 4.73. The standard InChI is InChI=1S/C15H22O3/c1-3-4-5-6-7-8-12-9-13(17)15(11(2)16)14(18)10-12/h9-10,17-18H,3-8H2,1-2H3. The molecule has 0 radical (unpaired) electrons. The molecule has 1 aromatic carbocycles. The molecule has 0 saturated heterocycles. The van der Waals surface area contributed by atoms with E-state index in [1.165, 1.54) is 26.2 Å². The monoisotopic (exact) mass is 250 g/mol. The second-order valence-corrected chi connectivity index (χ2v) is 4.73. The molecule has 0 atom stereocenters. The minimum absolute atomic E-state index is 0.0183. The van der Waals surface area contributed by atoms with Crippen molar-refractivity contribution in [3.8, 4) is 11.5 Å². The van der Waals surface area contributed by atoms with E-state index >= 15 is 0 Å². The molecule has 18 heavy (non-hydrogen) atoms. The van der Waals surface area contributed by atoms with E-state index in [9.17, 15) is 15.0 Å². The average Bonchev–Trinajstić information content (AvgIpc) is 2.27. The van der Waals surface area contributed by atoms with Gasteiger partial charge in [-0.1, -0.05) is 32.6 Å².